The van der Waals surface area contributed by atoms with Crippen LogP contribution in [0.2, 0.25) is 0 Å². The molecule has 19 heavy (non-hydrogen) atoms. The molecule has 1 aromatic carbocycles. The second kappa shape index (κ2) is 7.61. The summed E-state index contributed by atoms with van der Waals surface area (Å²) in [5.74, 6) is -0.131. The van der Waals surface area contributed by atoms with Gasteiger partial charge in [-0.2, -0.15) is 0 Å². The normalized spacial score (nSPS) is 12.1. The standard InChI is InChI=1S/C16H27FN2/c1-4-10-16(13-18,11-5-2)19(3)12-14-8-6-7-9-15(14)17/h6-9H,4-5,10-13,18H2,1-3H3. The Hall–Kier alpha value is -0.930. The zero-order valence-corrected chi connectivity index (χ0v) is 12.5. The predicted octanol–water partition coefficient (Wildman–Crippen LogP) is 3.56. The minimum absolute atomic E-state index is 0.00815. The third-order valence-electron chi connectivity index (χ3n) is 3.99. The van der Waals surface area contributed by atoms with Crippen molar-refractivity contribution in [3.8, 4) is 0 Å². The SMILES string of the molecule is CCCC(CN)(CCC)N(C)Cc1ccccc1F. The van der Waals surface area contributed by atoms with E-state index in [-0.39, 0.29) is 11.4 Å². The van der Waals surface area contributed by atoms with Crippen molar-refractivity contribution in [3.63, 3.8) is 0 Å². The molecule has 0 unspecified atom stereocenters. The molecule has 0 aliphatic rings. The summed E-state index contributed by atoms with van der Waals surface area (Å²) in [4.78, 5) is 2.23. The molecule has 0 aliphatic carbocycles. The number of hydrogen-bond acceptors (Lipinski definition) is 2. The van der Waals surface area contributed by atoms with Crippen molar-refractivity contribution in [3.05, 3.63) is 35.6 Å². The van der Waals surface area contributed by atoms with Crippen LogP contribution < -0.4 is 5.73 Å². The number of rotatable bonds is 8. The van der Waals surface area contributed by atoms with Crippen molar-refractivity contribution >= 4 is 0 Å². The molecule has 0 fully saturated rings. The first kappa shape index (κ1) is 16.1. The zero-order valence-electron chi connectivity index (χ0n) is 12.5. The lowest BCUT2D eigenvalue weighted by Gasteiger charge is -2.41. The maximum atomic E-state index is 13.8. The van der Waals surface area contributed by atoms with Gasteiger partial charge in [-0.15, -0.1) is 0 Å². The summed E-state index contributed by atoms with van der Waals surface area (Å²) in [6.07, 6.45) is 4.31. The van der Waals surface area contributed by atoms with Crippen molar-refractivity contribution in [1.29, 1.82) is 0 Å². The Morgan fingerprint density at radius 1 is 1.16 bits per heavy atom. The van der Waals surface area contributed by atoms with Gasteiger partial charge in [-0.25, -0.2) is 4.39 Å². The van der Waals surface area contributed by atoms with Crippen LogP contribution in [-0.2, 0) is 6.54 Å². The van der Waals surface area contributed by atoms with Crippen LogP contribution in [-0.4, -0.2) is 24.0 Å². The van der Waals surface area contributed by atoms with Crippen LogP contribution in [0.1, 0.15) is 45.1 Å². The Labute approximate surface area is 116 Å². The number of hydrogen-bond donors (Lipinski definition) is 1. The van der Waals surface area contributed by atoms with E-state index in [2.05, 4.69) is 25.8 Å². The van der Waals surface area contributed by atoms with Crippen LogP contribution in [0.25, 0.3) is 0 Å². The molecule has 0 aliphatic heterocycles. The van der Waals surface area contributed by atoms with Crippen molar-refractivity contribution in [2.45, 2.75) is 51.6 Å². The minimum atomic E-state index is -0.131. The van der Waals surface area contributed by atoms with Crippen LogP contribution in [0.5, 0.6) is 0 Å². The Balaban J connectivity index is 2.87. The summed E-state index contributed by atoms with van der Waals surface area (Å²) in [5.41, 5.74) is 6.77. The summed E-state index contributed by atoms with van der Waals surface area (Å²) < 4.78 is 13.8. The van der Waals surface area contributed by atoms with E-state index in [9.17, 15) is 4.39 Å². The lowest BCUT2D eigenvalue weighted by molar-refractivity contribution is 0.0944. The number of nitrogens with two attached hydrogens (primary N) is 1. The highest BCUT2D eigenvalue weighted by atomic mass is 19.1. The molecule has 0 atom stereocenters. The van der Waals surface area contributed by atoms with Gasteiger partial charge in [0, 0.05) is 24.2 Å². The molecule has 3 heteroatoms. The number of benzene rings is 1. The van der Waals surface area contributed by atoms with Crippen LogP contribution in [0.4, 0.5) is 4.39 Å². The molecule has 0 amide bonds. The van der Waals surface area contributed by atoms with E-state index in [1.165, 1.54) is 6.07 Å². The van der Waals surface area contributed by atoms with Gasteiger partial charge >= 0.3 is 0 Å². The fourth-order valence-electron chi connectivity index (χ4n) is 2.85. The van der Waals surface area contributed by atoms with E-state index in [1.807, 2.05) is 12.1 Å². The molecule has 1 aromatic rings. The summed E-state index contributed by atoms with van der Waals surface area (Å²) in [7, 11) is 2.06. The van der Waals surface area contributed by atoms with Crippen LogP contribution >= 0.6 is 0 Å². The average Bonchev–Trinajstić information content (AvgIpc) is 2.41. The highest BCUT2D eigenvalue weighted by Gasteiger charge is 2.31. The fraction of sp³-hybridized carbons (Fsp3) is 0.625. The van der Waals surface area contributed by atoms with Gasteiger partial charge in [-0.05, 0) is 26.0 Å². The summed E-state index contributed by atoms with van der Waals surface area (Å²) in [6, 6.07) is 6.99. The van der Waals surface area contributed by atoms with E-state index in [1.54, 1.807) is 6.07 Å². The van der Waals surface area contributed by atoms with Gasteiger partial charge < -0.3 is 5.73 Å². The molecule has 0 saturated heterocycles. The molecule has 0 spiro atoms. The summed E-state index contributed by atoms with van der Waals surface area (Å²) in [6.45, 7) is 5.59. The summed E-state index contributed by atoms with van der Waals surface area (Å²) in [5, 5.41) is 0. The predicted molar refractivity (Wildman–Crippen MR) is 79.5 cm³/mol. The molecular formula is C16H27FN2. The Morgan fingerprint density at radius 3 is 2.21 bits per heavy atom. The minimum Gasteiger partial charge on any atom is -0.329 e. The monoisotopic (exact) mass is 266 g/mol. The number of likely N-dealkylation sites (N-methyl/N-ethyl adjacent to an activating group) is 1. The molecule has 0 bridgehead atoms. The first-order chi connectivity index (χ1) is 9.09. The van der Waals surface area contributed by atoms with Gasteiger partial charge in [0.05, 0.1) is 0 Å². The van der Waals surface area contributed by atoms with Gasteiger partial charge in [-0.1, -0.05) is 44.9 Å². The van der Waals surface area contributed by atoms with E-state index in [0.717, 1.165) is 31.2 Å². The third kappa shape index (κ3) is 4.02. The molecule has 1 rings (SSSR count). The molecule has 0 aromatic heterocycles. The maximum absolute atomic E-state index is 13.8. The van der Waals surface area contributed by atoms with E-state index >= 15 is 0 Å². The molecule has 108 valence electrons. The van der Waals surface area contributed by atoms with Crippen LogP contribution in [0, 0.1) is 5.82 Å². The lowest BCUT2D eigenvalue weighted by atomic mass is 9.86. The van der Waals surface area contributed by atoms with Gasteiger partial charge in [-0.3, -0.25) is 4.90 Å². The summed E-state index contributed by atoms with van der Waals surface area (Å²) >= 11 is 0. The molecule has 2 nitrogen and oxygen atoms in total. The van der Waals surface area contributed by atoms with Crippen LogP contribution in [0.3, 0.4) is 0 Å². The van der Waals surface area contributed by atoms with Gasteiger partial charge in [0.15, 0.2) is 0 Å². The van der Waals surface area contributed by atoms with Crippen molar-refractivity contribution in [2.75, 3.05) is 13.6 Å². The van der Waals surface area contributed by atoms with Crippen molar-refractivity contribution in [1.82, 2.24) is 4.90 Å². The third-order valence-corrected chi connectivity index (χ3v) is 3.99. The Kier molecular flexibility index (Phi) is 6.46. The molecule has 2 N–H and O–H groups in total. The maximum Gasteiger partial charge on any atom is 0.127 e. The highest BCUT2D eigenvalue weighted by molar-refractivity contribution is 5.17. The van der Waals surface area contributed by atoms with Crippen LogP contribution in [0.15, 0.2) is 24.3 Å². The largest absolute Gasteiger partial charge is 0.329 e. The zero-order chi connectivity index (χ0) is 14.3. The first-order valence-electron chi connectivity index (χ1n) is 7.24. The highest BCUT2D eigenvalue weighted by Crippen LogP contribution is 2.27. The Bertz CT molecular complexity index is 373. The fourth-order valence-corrected chi connectivity index (χ4v) is 2.85. The number of nitrogens with zero attached hydrogens (tertiary/aromatic N) is 1. The lowest BCUT2D eigenvalue weighted by Crippen LogP contribution is -2.51. The molecule has 0 radical (unpaired) electrons. The smallest absolute Gasteiger partial charge is 0.127 e. The topological polar surface area (TPSA) is 29.3 Å². The van der Waals surface area contributed by atoms with E-state index in [4.69, 9.17) is 5.73 Å². The molecular weight excluding hydrogens is 239 g/mol. The molecule has 0 saturated carbocycles. The Morgan fingerprint density at radius 2 is 1.74 bits per heavy atom. The van der Waals surface area contributed by atoms with Crippen molar-refractivity contribution in [2.24, 2.45) is 5.73 Å². The molecule has 0 heterocycles. The second-order valence-electron chi connectivity index (χ2n) is 5.38. The van der Waals surface area contributed by atoms with Gasteiger partial charge in [0.2, 0.25) is 0 Å². The van der Waals surface area contributed by atoms with E-state index in [0.29, 0.717) is 13.1 Å². The van der Waals surface area contributed by atoms with E-state index < -0.39 is 0 Å². The number of halogens is 1. The second-order valence-corrected chi connectivity index (χ2v) is 5.38. The first-order valence-corrected chi connectivity index (χ1v) is 7.24. The quantitative estimate of drug-likeness (QED) is 0.779. The van der Waals surface area contributed by atoms with Gasteiger partial charge in [0.25, 0.3) is 0 Å². The van der Waals surface area contributed by atoms with Gasteiger partial charge in [0.1, 0.15) is 5.82 Å². The average molecular weight is 266 g/mol. The van der Waals surface area contributed by atoms with Crippen molar-refractivity contribution < 1.29 is 4.39 Å².